The van der Waals surface area contributed by atoms with Crippen molar-refractivity contribution < 1.29 is 13.2 Å². The van der Waals surface area contributed by atoms with Crippen molar-refractivity contribution in [1.82, 2.24) is 14.9 Å². The summed E-state index contributed by atoms with van der Waals surface area (Å²) in [5, 5.41) is 0.669. The number of nitrogens with zero attached hydrogens (tertiary/aromatic N) is 3. The van der Waals surface area contributed by atoms with E-state index in [2.05, 4.69) is 14.9 Å². The van der Waals surface area contributed by atoms with E-state index in [4.69, 9.17) is 11.6 Å². The molecule has 0 radical (unpaired) electrons. The smallest absolute Gasteiger partial charge is 0.369 e. The van der Waals surface area contributed by atoms with Gasteiger partial charge in [-0.05, 0) is 18.2 Å². The number of aromatic amines is 1. The summed E-state index contributed by atoms with van der Waals surface area (Å²) in [5.74, 6) is 0.690. The van der Waals surface area contributed by atoms with E-state index in [-0.39, 0.29) is 10.6 Å². The number of rotatable bonds is 6. The summed E-state index contributed by atoms with van der Waals surface area (Å²) in [6.45, 7) is 3.53. The molecule has 1 fully saturated rings. The van der Waals surface area contributed by atoms with Gasteiger partial charge in [-0.1, -0.05) is 35.5 Å². The molecule has 156 valence electrons. The highest BCUT2D eigenvalue weighted by Gasteiger charge is 2.31. The van der Waals surface area contributed by atoms with Crippen molar-refractivity contribution in [2.45, 2.75) is 11.3 Å². The minimum absolute atomic E-state index is 0.0898. The summed E-state index contributed by atoms with van der Waals surface area (Å²) < 4.78 is 39.0. The number of nitrogens with one attached hydrogen (secondary N) is 1. The summed E-state index contributed by atoms with van der Waals surface area (Å²) in [7, 11) is 0. The molecule has 0 unspecified atom stereocenters. The number of aromatic nitrogens is 2. The van der Waals surface area contributed by atoms with Crippen LogP contribution < -0.4 is 10.5 Å². The predicted molar refractivity (Wildman–Crippen MR) is 110 cm³/mol. The van der Waals surface area contributed by atoms with E-state index in [0.717, 1.165) is 31.8 Å². The van der Waals surface area contributed by atoms with Gasteiger partial charge in [0.2, 0.25) is 0 Å². The second-order valence-corrected chi connectivity index (χ2v) is 7.95. The number of hydrogen-bond donors (Lipinski definition) is 1. The van der Waals surface area contributed by atoms with Crippen molar-refractivity contribution in [2.24, 2.45) is 0 Å². The molecule has 1 aromatic carbocycles. The largest absolute Gasteiger partial charge is 0.416 e. The van der Waals surface area contributed by atoms with E-state index in [1.807, 2.05) is 17.1 Å². The molecule has 10 heteroatoms. The number of thioether (sulfide) groups is 1. The zero-order chi connectivity index (χ0) is 20.9. The predicted octanol–water partition coefficient (Wildman–Crippen LogP) is 3.91. The molecule has 0 spiro atoms. The van der Waals surface area contributed by atoms with Crippen LogP contribution in [-0.2, 0) is 6.18 Å². The molecule has 1 N–H and O–H groups in total. The Morgan fingerprint density at radius 1 is 1.17 bits per heavy atom. The maximum Gasteiger partial charge on any atom is 0.416 e. The molecule has 0 saturated carbocycles. The highest BCUT2D eigenvalue weighted by Crippen LogP contribution is 2.34. The molecule has 0 aliphatic carbocycles. The third kappa shape index (κ3) is 6.52. The van der Waals surface area contributed by atoms with Crippen LogP contribution in [0.15, 0.2) is 52.6 Å². The quantitative estimate of drug-likeness (QED) is 0.416. The van der Waals surface area contributed by atoms with Crippen LogP contribution in [0, 0.1) is 0 Å². The number of anilines is 1. The Morgan fingerprint density at radius 3 is 2.62 bits per heavy atom. The van der Waals surface area contributed by atoms with Gasteiger partial charge in [0.25, 0.3) is 5.56 Å². The van der Waals surface area contributed by atoms with Gasteiger partial charge in [0.15, 0.2) is 5.16 Å². The number of H-pyrrole nitrogens is 1. The van der Waals surface area contributed by atoms with E-state index in [1.165, 1.54) is 24.0 Å². The summed E-state index contributed by atoms with van der Waals surface area (Å²) in [4.78, 5) is 22.1. The van der Waals surface area contributed by atoms with E-state index < -0.39 is 11.7 Å². The Hall–Kier alpha value is -1.97. The molecule has 3 rings (SSSR count). The molecule has 0 bridgehead atoms. The van der Waals surface area contributed by atoms with Gasteiger partial charge in [0.05, 0.1) is 5.56 Å². The number of alkyl halides is 3. The summed E-state index contributed by atoms with van der Waals surface area (Å²) >= 11 is 7.32. The second kappa shape index (κ2) is 9.69. The maximum atomic E-state index is 13.0. The van der Waals surface area contributed by atoms with Crippen molar-refractivity contribution in [1.29, 1.82) is 0 Å². The molecule has 1 aromatic heterocycles. The molecular weight excluding hydrogens is 425 g/mol. The van der Waals surface area contributed by atoms with Crippen LogP contribution in [0.1, 0.15) is 5.56 Å². The van der Waals surface area contributed by atoms with Gasteiger partial charge in [-0.2, -0.15) is 13.2 Å². The standard InChI is InChI=1S/C19H20ClF3N4OS/c20-15-11-14(19(21,22)23)12-16(13-15)27-8-6-26(7-9-27)5-1-2-10-29-18-24-4-3-17(28)25-18/h1-4,11-13H,5-10H2,(H,24,25,28)/b2-1+. The Kier molecular flexibility index (Phi) is 7.26. The van der Waals surface area contributed by atoms with E-state index in [1.54, 1.807) is 6.07 Å². The van der Waals surface area contributed by atoms with Gasteiger partial charge in [0.1, 0.15) is 0 Å². The van der Waals surface area contributed by atoms with Crippen molar-refractivity contribution in [3.8, 4) is 0 Å². The van der Waals surface area contributed by atoms with Crippen molar-refractivity contribution in [3.63, 3.8) is 0 Å². The molecule has 0 atom stereocenters. The third-order valence-electron chi connectivity index (χ3n) is 4.44. The Labute approximate surface area is 175 Å². The van der Waals surface area contributed by atoms with Crippen molar-refractivity contribution >= 4 is 29.1 Å². The monoisotopic (exact) mass is 444 g/mol. The average Bonchev–Trinajstić information content (AvgIpc) is 2.67. The molecular formula is C19H20ClF3N4OS. The SMILES string of the molecule is O=c1ccnc(SC/C=C/CN2CCN(c3cc(Cl)cc(C(F)(F)F)c3)CC2)[nH]1. The van der Waals surface area contributed by atoms with E-state index in [9.17, 15) is 18.0 Å². The Balaban J connectivity index is 1.46. The van der Waals surface area contributed by atoms with Crippen LogP contribution in [0.5, 0.6) is 0 Å². The van der Waals surface area contributed by atoms with Crippen molar-refractivity contribution in [3.05, 3.63) is 63.6 Å². The first-order valence-corrected chi connectivity index (χ1v) is 10.4. The fourth-order valence-electron chi connectivity index (χ4n) is 2.95. The first kappa shape index (κ1) is 21.7. The van der Waals surface area contributed by atoms with Gasteiger partial charge in [-0.3, -0.25) is 9.69 Å². The molecule has 1 aliphatic rings. The van der Waals surface area contributed by atoms with Gasteiger partial charge in [0, 0.05) is 61.4 Å². The van der Waals surface area contributed by atoms with Crippen molar-refractivity contribution in [2.75, 3.05) is 43.4 Å². The molecule has 2 heterocycles. The normalized spacial score (nSPS) is 15.9. The zero-order valence-electron chi connectivity index (χ0n) is 15.5. The molecule has 0 amide bonds. The topological polar surface area (TPSA) is 52.2 Å². The highest BCUT2D eigenvalue weighted by atomic mass is 35.5. The van der Waals surface area contributed by atoms with Gasteiger partial charge in [-0.25, -0.2) is 4.98 Å². The third-order valence-corrected chi connectivity index (χ3v) is 5.50. The average molecular weight is 445 g/mol. The van der Waals surface area contributed by atoms with E-state index in [0.29, 0.717) is 29.7 Å². The summed E-state index contributed by atoms with van der Waals surface area (Å²) in [6, 6.07) is 5.05. The minimum Gasteiger partial charge on any atom is -0.369 e. The Morgan fingerprint density at radius 2 is 1.93 bits per heavy atom. The molecule has 1 aliphatic heterocycles. The van der Waals surface area contributed by atoms with Crippen LogP contribution in [0.4, 0.5) is 18.9 Å². The van der Waals surface area contributed by atoms with Gasteiger partial charge < -0.3 is 9.88 Å². The summed E-state index contributed by atoms with van der Waals surface area (Å²) in [5.41, 5.74) is -0.399. The molecule has 29 heavy (non-hydrogen) atoms. The van der Waals surface area contributed by atoms with Crippen LogP contribution >= 0.6 is 23.4 Å². The fourth-order valence-corrected chi connectivity index (χ4v) is 3.88. The fraction of sp³-hybridized carbons (Fsp3) is 0.368. The maximum absolute atomic E-state index is 13.0. The number of halogens is 4. The number of piperazine rings is 1. The summed E-state index contributed by atoms with van der Waals surface area (Å²) in [6.07, 6.45) is 1.12. The lowest BCUT2D eigenvalue weighted by atomic mass is 10.1. The van der Waals surface area contributed by atoms with Crippen LogP contribution in [-0.4, -0.2) is 53.3 Å². The van der Waals surface area contributed by atoms with E-state index >= 15 is 0 Å². The minimum atomic E-state index is -4.41. The lowest BCUT2D eigenvalue weighted by Gasteiger charge is -2.36. The zero-order valence-corrected chi connectivity index (χ0v) is 17.0. The second-order valence-electron chi connectivity index (χ2n) is 6.51. The molecule has 5 nitrogen and oxygen atoms in total. The van der Waals surface area contributed by atoms with Gasteiger partial charge >= 0.3 is 6.18 Å². The lowest BCUT2D eigenvalue weighted by Crippen LogP contribution is -2.46. The first-order valence-electron chi connectivity index (χ1n) is 8.99. The lowest BCUT2D eigenvalue weighted by molar-refractivity contribution is -0.137. The van der Waals surface area contributed by atoms with Gasteiger partial charge in [-0.15, -0.1) is 0 Å². The van der Waals surface area contributed by atoms with Crippen LogP contribution in [0.2, 0.25) is 5.02 Å². The molecule has 2 aromatic rings. The first-order chi connectivity index (χ1) is 13.8. The number of benzene rings is 1. The van der Waals surface area contributed by atoms with Crippen LogP contribution in [0.3, 0.4) is 0 Å². The Bertz CT molecular complexity index is 911. The molecule has 1 saturated heterocycles. The highest BCUT2D eigenvalue weighted by molar-refractivity contribution is 7.99. The number of hydrogen-bond acceptors (Lipinski definition) is 5. The van der Waals surface area contributed by atoms with Crippen LogP contribution in [0.25, 0.3) is 0 Å².